The summed E-state index contributed by atoms with van der Waals surface area (Å²) in [7, 11) is 1.85. The molecule has 4 aromatic rings. The number of nitrogens with zero attached hydrogens (tertiary/aromatic N) is 6. The molecule has 2 N–H and O–H groups in total. The molecule has 224 valence electrons. The second kappa shape index (κ2) is 11.5. The van der Waals surface area contributed by atoms with Crippen molar-refractivity contribution < 1.29 is 26.9 Å². The van der Waals surface area contributed by atoms with Gasteiger partial charge in [-0.05, 0) is 44.5 Å². The largest absolute Gasteiger partial charge is 0.406 e. The number of nitrogens with one attached hydrogen (secondary N) is 2. The van der Waals surface area contributed by atoms with Gasteiger partial charge in [0.15, 0.2) is 5.13 Å². The van der Waals surface area contributed by atoms with Crippen LogP contribution in [0.25, 0.3) is 22.4 Å². The van der Waals surface area contributed by atoms with E-state index in [1.54, 1.807) is 24.3 Å². The molecule has 2 fully saturated rings. The molecule has 3 aromatic heterocycles. The third-order valence-corrected chi connectivity index (χ3v) is 8.62. The summed E-state index contributed by atoms with van der Waals surface area (Å²) in [5, 5.41) is 11.1. The van der Waals surface area contributed by atoms with Gasteiger partial charge in [-0.25, -0.2) is 9.37 Å². The van der Waals surface area contributed by atoms with Crippen molar-refractivity contribution in [1.29, 1.82) is 0 Å². The van der Waals surface area contributed by atoms with E-state index in [0.29, 0.717) is 34.4 Å². The summed E-state index contributed by atoms with van der Waals surface area (Å²) in [5.74, 6) is -0.376. The smallest absolute Gasteiger partial charge is 0.379 e. The maximum absolute atomic E-state index is 14.7. The molecule has 0 radical (unpaired) electrons. The molecular formula is C27H30F4N8O2S. The number of carbonyl (C=O) groups excluding carboxylic acids is 1. The summed E-state index contributed by atoms with van der Waals surface area (Å²) < 4.78 is 62.1. The monoisotopic (exact) mass is 606 g/mol. The summed E-state index contributed by atoms with van der Waals surface area (Å²) in [6.45, 7) is 1.43. The number of benzene rings is 1. The Morgan fingerprint density at radius 1 is 1.21 bits per heavy atom. The Balaban J connectivity index is 1.22. The number of amides is 1. The average molecular weight is 607 g/mol. The highest BCUT2D eigenvalue weighted by atomic mass is 32.1. The highest BCUT2D eigenvalue weighted by Crippen LogP contribution is 2.35. The number of carbonyl (C=O) groups is 1. The molecule has 2 aliphatic heterocycles. The summed E-state index contributed by atoms with van der Waals surface area (Å²) in [4.78, 5) is 25.8. The van der Waals surface area contributed by atoms with Gasteiger partial charge in [-0.2, -0.15) is 18.2 Å². The standard InChI is InChI=1S/C27H30F4N8O2S/c1-37-10-7-19(17(28)14-37)34-18-5-4-6-20-16(18)11-21(39(20)15-27(29,30)31)24-35-23(41-36-24)13-32-25(40)22-12-33-26(42-22)38-8-2-3-9-38/h4-6,11-12,17,19,34H,2-3,7-10,13-15H2,1H3,(H,32,40)/t17-,19+/m0/s1. The zero-order chi connectivity index (χ0) is 29.4. The van der Waals surface area contributed by atoms with E-state index >= 15 is 0 Å². The molecule has 2 saturated heterocycles. The number of halogens is 4. The fourth-order valence-corrected chi connectivity index (χ4v) is 6.35. The molecule has 5 heterocycles. The Labute approximate surface area is 242 Å². The van der Waals surface area contributed by atoms with E-state index in [1.807, 2.05) is 11.9 Å². The molecule has 0 spiro atoms. The molecule has 1 amide bonds. The Bertz CT molecular complexity index is 1560. The lowest BCUT2D eigenvalue weighted by atomic mass is 10.0. The number of fused-ring (bicyclic) bond motifs is 1. The highest BCUT2D eigenvalue weighted by molar-refractivity contribution is 7.17. The van der Waals surface area contributed by atoms with Crippen LogP contribution < -0.4 is 15.5 Å². The van der Waals surface area contributed by atoms with Crippen LogP contribution in [0.15, 0.2) is 35.0 Å². The molecule has 2 aliphatic rings. The molecule has 6 rings (SSSR count). The number of aromatic nitrogens is 4. The number of thiazole rings is 1. The van der Waals surface area contributed by atoms with E-state index in [4.69, 9.17) is 4.52 Å². The fraction of sp³-hybridized carbons (Fsp3) is 0.481. The molecule has 0 bridgehead atoms. The van der Waals surface area contributed by atoms with Crippen molar-refractivity contribution in [3.63, 3.8) is 0 Å². The van der Waals surface area contributed by atoms with Crippen LogP contribution in [0.2, 0.25) is 0 Å². The van der Waals surface area contributed by atoms with E-state index in [0.717, 1.165) is 35.6 Å². The Hall–Kier alpha value is -3.72. The first kappa shape index (κ1) is 28.4. The number of hydrogen-bond acceptors (Lipinski definition) is 9. The second-order valence-corrected chi connectivity index (χ2v) is 11.7. The van der Waals surface area contributed by atoms with Crippen molar-refractivity contribution in [3.05, 3.63) is 41.2 Å². The van der Waals surface area contributed by atoms with Crippen molar-refractivity contribution in [3.8, 4) is 11.5 Å². The van der Waals surface area contributed by atoms with Gasteiger partial charge in [-0.1, -0.05) is 22.6 Å². The van der Waals surface area contributed by atoms with Crippen molar-refractivity contribution in [2.45, 2.75) is 50.7 Å². The number of piperidine rings is 1. The van der Waals surface area contributed by atoms with Crippen LogP contribution in [0, 0.1) is 0 Å². The Morgan fingerprint density at radius 2 is 2.02 bits per heavy atom. The molecule has 2 atom stereocenters. The van der Waals surface area contributed by atoms with Gasteiger partial charge >= 0.3 is 6.18 Å². The lowest BCUT2D eigenvalue weighted by molar-refractivity contribution is -0.139. The van der Waals surface area contributed by atoms with Crippen LogP contribution in [-0.4, -0.2) is 82.1 Å². The van der Waals surface area contributed by atoms with Gasteiger partial charge in [0.2, 0.25) is 11.7 Å². The summed E-state index contributed by atoms with van der Waals surface area (Å²) in [6.07, 6.45) is -1.38. The third-order valence-electron chi connectivity index (χ3n) is 7.56. The average Bonchev–Trinajstić information content (AvgIpc) is 3.75. The van der Waals surface area contributed by atoms with E-state index in [2.05, 4.69) is 30.7 Å². The lowest BCUT2D eigenvalue weighted by Crippen LogP contribution is -2.46. The van der Waals surface area contributed by atoms with Crippen LogP contribution in [0.5, 0.6) is 0 Å². The molecule has 0 saturated carbocycles. The first-order valence-corrected chi connectivity index (χ1v) is 14.6. The molecule has 15 heteroatoms. The minimum atomic E-state index is -4.52. The van der Waals surface area contributed by atoms with Crippen molar-refractivity contribution in [1.82, 2.24) is 29.9 Å². The Morgan fingerprint density at radius 3 is 2.79 bits per heavy atom. The summed E-state index contributed by atoms with van der Waals surface area (Å²) in [5.41, 5.74) is 0.922. The van der Waals surface area contributed by atoms with E-state index in [-0.39, 0.29) is 36.4 Å². The van der Waals surface area contributed by atoms with Crippen LogP contribution in [-0.2, 0) is 13.1 Å². The molecule has 10 nitrogen and oxygen atoms in total. The predicted molar refractivity (Wildman–Crippen MR) is 150 cm³/mol. The predicted octanol–water partition coefficient (Wildman–Crippen LogP) is 4.69. The lowest BCUT2D eigenvalue weighted by Gasteiger charge is -2.33. The van der Waals surface area contributed by atoms with Crippen molar-refractivity contribution in [2.75, 3.05) is 43.4 Å². The normalized spacial score (nSPS) is 20.0. The topological polar surface area (TPSA) is 104 Å². The molecule has 42 heavy (non-hydrogen) atoms. The SMILES string of the molecule is CN1CC[C@@H](Nc2cccc3c2cc(-c2noc(CNC(=O)c4cnc(N5CCCC5)s4)n2)n3CC(F)(F)F)[C@@H](F)C1. The number of likely N-dealkylation sites (tertiary alicyclic amines) is 1. The van der Waals surface area contributed by atoms with Gasteiger partial charge in [0.25, 0.3) is 5.91 Å². The van der Waals surface area contributed by atoms with E-state index in [1.165, 1.54) is 17.5 Å². The van der Waals surface area contributed by atoms with Gasteiger partial charge < -0.3 is 29.5 Å². The molecule has 0 aliphatic carbocycles. The zero-order valence-electron chi connectivity index (χ0n) is 22.8. The zero-order valence-corrected chi connectivity index (χ0v) is 23.6. The summed E-state index contributed by atoms with van der Waals surface area (Å²) >= 11 is 1.29. The first-order chi connectivity index (χ1) is 20.1. The maximum Gasteiger partial charge on any atom is 0.406 e. The molecule has 1 aromatic carbocycles. The second-order valence-electron chi connectivity index (χ2n) is 10.7. The van der Waals surface area contributed by atoms with Crippen LogP contribution in [0.4, 0.5) is 28.4 Å². The fourth-order valence-electron chi connectivity index (χ4n) is 5.46. The number of hydrogen-bond donors (Lipinski definition) is 2. The van der Waals surface area contributed by atoms with E-state index in [9.17, 15) is 22.4 Å². The number of anilines is 2. The number of alkyl halides is 4. The van der Waals surface area contributed by atoms with E-state index < -0.39 is 24.9 Å². The summed E-state index contributed by atoms with van der Waals surface area (Å²) in [6, 6.07) is 6.02. The van der Waals surface area contributed by atoms with Crippen molar-refractivity contribution in [2.24, 2.45) is 0 Å². The highest BCUT2D eigenvalue weighted by Gasteiger charge is 2.32. The molecule has 0 unspecified atom stereocenters. The van der Waals surface area contributed by atoms with Crippen LogP contribution >= 0.6 is 11.3 Å². The quantitative estimate of drug-likeness (QED) is 0.279. The Kier molecular flexibility index (Phi) is 7.79. The first-order valence-electron chi connectivity index (χ1n) is 13.7. The van der Waals surface area contributed by atoms with Gasteiger partial charge in [0.1, 0.15) is 17.6 Å². The van der Waals surface area contributed by atoms with Gasteiger partial charge in [-0.3, -0.25) is 4.79 Å². The van der Waals surface area contributed by atoms with Crippen molar-refractivity contribution >= 4 is 39.0 Å². The molecular weight excluding hydrogens is 576 g/mol. The third kappa shape index (κ3) is 6.07. The van der Waals surface area contributed by atoms with Crippen LogP contribution in [0.1, 0.15) is 34.8 Å². The number of rotatable bonds is 8. The van der Waals surface area contributed by atoms with Gasteiger partial charge in [-0.15, -0.1) is 0 Å². The van der Waals surface area contributed by atoms with Gasteiger partial charge in [0.05, 0.1) is 30.0 Å². The minimum Gasteiger partial charge on any atom is -0.379 e. The van der Waals surface area contributed by atoms with Gasteiger partial charge in [0, 0.05) is 37.3 Å². The minimum absolute atomic E-state index is 0.0383. The van der Waals surface area contributed by atoms with Crippen LogP contribution in [0.3, 0.4) is 0 Å². The maximum atomic E-state index is 14.7.